The molecule has 0 aromatic carbocycles. The van der Waals surface area contributed by atoms with E-state index in [9.17, 15) is 9.59 Å². The Kier molecular flexibility index (Phi) is 2.38. The molecule has 0 atom stereocenters. The Bertz CT molecular complexity index is 405. The van der Waals surface area contributed by atoms with Crippen LogP contribution in [0.15, 0.2) is 9.59 Å². The quantitative estimate of drug-likeness (QED) is 0.644. The third-order valence-corrected chi connectivity index (χ3v) is 2.03. The summed E-state index contributed by atoms with van der Waals surface area (Å²) in [6, 6.07) is 0. The van der Waals surface area contributed by atoms with Gasteiger partial charge in [0.25, 0.3) is 5.56 Å². The highest BCUT2D eigenvalue weighted by molar-refractivity contribution is 6.30. The van der Waals surface area contributed by atoms with Gasteiger partial charge in [0.05, 0.1) is 5.56 Å². The highest BCUT2D eigenvalue weighted by atomic mass is 35.5. The number of hydrogen-bond acceptors (Lipinski definition) is 2. The molecular weight excluding hydrogens is 180 g/mol. The molecule has 0 aliphatic carbocycles. The van der Waals surface area contributed by atoms with Crippen molar-refractivity contribution in [2.45, 2.75) is 13.3 Å². The van der Waals surface area contributed by atoms with Gasteiger partial charge in [0.2, 0.25) is 0 Å². The van der Waals surface area contributed by atoms with Crippen molar-refractivity contribution < 1.29 is 0 Å². The maximum atomic E-state index is 11.3. The van der Waals surface area contributed by atoms with Crippen LogP contribution < -0.4 is 11.2 Å². The van der Waals surface area contributed by atoms with Crippen LogP contribution in [0.2, 0.25) is 5.15 Å². The number of H-pyrrole nitrogens is 1. The standard InChI is InChI=1S/C7H9ClN2O2/c1-3-4-5(8)9-7(12)10(2)6(4)11/h3H2,1-2H3,(H,9,12). The van der Waals surface area contributed by atoms with E-state index in [2.05, 4.69) is 4.98 Å². The summed E-state index contributed by atoms with van der Waals surface area (Å²) >= 11 is 5.64. The maximum absolute atomic E-state index is 11.3. The van der Waals surface area contributed by atoms with Crippen LogP contribution in [0, 0.1) is 0 Å². The highest BCUT2D eigenvalue weighted by Gasteiger charge is 2.07. The zero-order chi connectivity index (χ0) is 9.30. The first-order valence-electron chi connectivity index (χ1n) is 3.55. The van der Waals surface area contributed by atoms with Gasteiger partial charge in [0, 0.05) is 7.05 Å². The summed E-state index contributed by atoms with van der Waals surface area (Å²) in [6.45, 7) is 1.81. The molecule has 1 N–H and O–H groups in total. The van der Waals surface area contributed by atoms with E-state index in [4.69, 9.17) is 11.6 Å². The van der Waals surface area contributed by atoms with Gasteiger partial charge in [-0.1, -0.05) is 18.5 Å². The number of aromatic nitrogens is 2. The summed E-state index contributed by atoms with van der Waals surface area (Å²) in [5.74, 6) is 0. The van der Waals surface area contributed by atoms with Gasteiger partial charge in [-0.05, 0) is 6.42 Å². The molecule has 0 amide bonds. The molecule has 12 heavy (non-hydrogen) atoms. The number of hydrogen-bond donors (Lipinski definition) is 1. The average Bonchev–Trinajstić information content (AvgIpc) is 2.01. The van der Waals surface area contributed by atoms with Gasteiger partial charge >= 0.3 is 5.69 Å². The van der Waals surface area contributed by atoms with Gasteiger partial charge < -0.3 is 0 Å². The Labute approximate surface area is 73.8 Å². The normalized spacial score (nSPS) is 10.2. The Morgan fingerprint density at radius 3 is 2.58 bits per heavy atom. The van der Waals surface area contributed by atoms with Gasteiger partial charge in [-0.3, -0.25) is 14.3 Å². The number of rotatable bonds is 1. The molecule has 1 aromatic rings. The SMILES string of the molecule is CCc1c(Cl)[nH]c(=O)n(C)c1=O. The van der Waals surface area contributed by atoms with Crippen LogP contribution >= 0.6 is 11.6 Å². The van der Waals surface area contributed by atoms with Crippen LogP contribution in [0.4, 0.5) is 0 Å². The number of nitrogens with zero attached hydrogens (tertiary/aromatic N) is 1. The van der Waals surface area contributed by atoms with Gasteiger partial charge in [-0.25, -0.2) is 4.79 Å². The molecule has 1 heterocycles. The van der Waals surface area contributed by atoms with Crippen LogP contribution in [-0.2, 0) is 13.5 Å². The monoisotopic (exact) mass is 188 g/mol. The lowest BCUT2D eigenvalue weighted by Gasteiger charge is -2.01. The van der Waals surface area contributed by atoms with Crippen LogP contribution in [0.25, 0.3) is 0 Å². The first-order chi connectivity index (χ1) is 5.57. The largest absolute Gasteiger partial charge is 0.329 e. The number of halogens is 1. The van der Waals surface area contributed by atoms with Gasteiger partial charge in [-0.2, -0.15) is 0 Å². The zero-order valence-electron chi connectivity index (χ0n) is 6.85. The van der Waals surface area contributed by atoms with E-state index < -0.39 is 5.69 Å². The number of aromatic amines is 1. The van der Waals surface area contributed by atoms with E-state index in [0.717, 1.165) is 4.57 Å². The fourth-order valence-corrected chi connectivity index (χ4v) is 1.24. The molecule has 0 unspecified atom stereocenters. The minimum Gasteiger partial charge on any atom is -0.297 e. The Balaban J connectivity index is 3.63. The lowest BCUT2D eigenvalue weighted by Crippen LogP contribution is -2.34. The summed E-state index contributed by atoms with van der Waals surface area (Å²) in [5, 5.41) is 0.144. The van der Waals surface area contributed by atoms with E-state index in [-0.39, 0.29) is 10.7 Å². The first kappa shape index (κ1) is 9.06. The van der Waals surface area contributed by atoms with Gasteiger partial charge in [0.1, 0.15) is 5.15 Å². The molecule has 0 radical (unpaired) electrons. The molecule has 0 spiro atoms. The maximum Gasteiger partial charge on any atom is 0.329 e. The predicted molar refractivity (Wildman–Crippen MR) is 46.7 cm³/mol. The summed E-state index contributed by atoms with van der Waals surface area (Å²) in [5.41, 5.74) is -0.368. The minimum atomic E-state index is -0.484. The van der Waals surface area contributed by atoms with Crippen molar-refractivity contribution in [3.63, 3.8) is 0 Å². The molecule has 0 fully saturated rings. The molecule has 5 heteroatoms. The third-order valence-electron chi connectivity index (χ3n) is 1.70. The van der Waals surface area contributed by atoms with Gasteiger partial charge in [0.15, 0.2) is 0 Å². The highest BCUT2D eigenvalue weighted by Crippen LogP contribution is 2.04. The smallest absolute Gasteiger partial charge is 0.297 e. The molecule has 4 nitrogen and oxygen atoms in total. The van der Waals surface area contributed by atoms with E-state index in [0.29, 0.717) is 12.0 Å². The van der Waals surface area contributed by atoms with Crippen LogP contribution in [0.1, 0.15) is 12.5 Å². The van der Waals surface area contributed by atoms with E-state index in [1.807, 2.05) is 0 Å². The molecule has 0 aliphatic heterocycles. The molecule has 66 valence electrons. The van der Waals surface area contributed by atoms with Crippen molar-refractivity contribution in [2.75, 3.05) is 0 Å². The molecule has 0 saturated heterocycles. The van der Waals surface area contributed by atoms with Crippen molar-refractivity contribution >= 4 is 11.6 Å². The second kappa shape index (κ2) is 3.15. The van der Waals surface area contributed by atoms with Crippen LogP contribution in [-0.4, -0.2) is 9.55 Å². The van der Waals surface area contributed by atoms with E-state index >= 15 is 0 Å². The Morgan fingerprint density at radius 2 is 2.08 bits per heavy atom. The van der Waals surface area contributed by atoms with Gasteiger partial charge in [-0.15, -0.1) is 0 Å². The van der Waals surface area contributed by atoms with Crippen molar-refractivity contribution in [1.29, 1.82) is 0 Å². The van der Waals surface area contributed by atoms with Crippen molar-refractivity contribution in [2.24, 2.45) is 7.05 Å². The molecular formula is C7H9ClN2O2. The summed E-state index contributed by atoms with van der Waals surface area (Å²) < 4.78 is 1.00. The summed E-state index contributed by atoms with van der Waals surface area (Å²) in [4.78, 5) is 24.6. The molecule has 0 bridgehead atoms. The Morgan fingerprint density at radius 1 is 1.50 bits per heavy atom. The van der Waals surface area contributed by atoms with Crippen molar-refractivity contribution in [3.05, 3.63) is 31.6 Å². The molecule has 0 aliphatic rings. The second-order valence-electron chi connectivity index (χ2n) is 2.44. The Hall–Kier alpha value is -1.03. The molecule has 1 aromatic heterocycles. The lowest BCUT2D eigenvalue weighted by molar-refractivity contribution is 0.755. The fourth-order valence-electron chi connectivity index (χ4n) is 0.948. The minimum absolute atomic E-state index is 0.144. The van der Waals surface area contributed by atoms with Crippen LogP contribution in [0.3, 0.4) is 0 Å². The topological polar surface area (TPSA) is 54.9 Å². The first-order valence-corrected chi connectivity index (χ1v) is 3.93. The second-order valence-corrected chi connectivity index (χ2v) is 2.82. The number of nitrogens with one attached hydrogen (secondary N) is 1. The summed E-state index contributed by atoms with van der Waals surface area (Å²) in [6.07, 6.45) is 0.516. The fraction of sp³-hybridized carbons (Fsp3) is 0.429. The average molecular weight is 189 g/mol. The van der Waals surface area contributed by atoms with Crippen LogP contribution in [0.5, 0.6) is 0 Å². The van der Waals surface area contributed by atoms with E-state index in [1.165, 1.54) is 7.05 Å². The lowest BCUT2D eigenvalue weighted by atomic mass is 10.3. The summed E-state index contributed by atoms with van der Waals surface area (Å²) in [7, 11) is 1.41. The van der Waals surface area contributed by atoms with Crippen molar-refractivity contribution in [3.8, 4) is 0 Å². The zero-order valence-corrected chi connectivity index (χ0v) is 7.60. The predicted octanol–water partition coefficient (Wildman–Crippen LogP) is 0.289. The third kappa shape index (κ3) is 1.30. The van der Waals surface area contributed by atoms with Crippen molar-refractivity contribution in [1.82, 2.24) is 9.55 Å². The molecule has 1 rings (SSSR count). The molecule has 0 saturated carbocycles. The van der Waals surface area contributed by atoms with E-state index in [1.54, 1.807) is 6.92 Å².